The molecule has 0 aliphatic rings. The largest absolute Gasteiger partial charge is 0.457 e. The quantitative estimate of drug-likeness (QED) is 0.846. The summed E-state index contributed by atoms with van der Waals surface area (Å²) in [6, 6.07) is 15.7. The van der Waals surface area contributed by atoms with Crippen LogP contribution in [0, 0.1) is 0 Å². The van der Waals surface area contributed by atoms with E-state index in [1.165, 1.54) is 0 Å². The monoisotopic (exact) mass is 275 g/mol. The van der Waals surface area contributed by atoms with Crippen molar-refractivity contribution in [1.29, 1.82) is 0 Å². The molecule has 0 aliphatic carbocycles. The van der Waals surface area contributed by atoms with E-state index in [0.717, 1.165) is 23.6 Å². The lowest BCUT2D eigenvalue weighted by molar-refractivity contribution is 0.463. The molecule has 19 heavy (non-hydrogen) atoms. The van der Waals surface area contributed by atoms with Gasteiger partial charge in [-0.2, -0.15) is 0 Å². The molecule has 0 heterocycles. The topological polar surface area (TPSA) is 21.3 Å². The minimum atomic E-state index is 0.258. The second kappa shape index (κ2) is 6.60. The van der Waals surface area contributed by atoms with Gasteiger partial charge in [0.15, 0.2) is 0 Å². The van der Waals surface area contributed by atoms with Gasteiger partial charge in [0.2, 0.25) is 0 Å². The van der Waals surface area contributed by atoms with Crippen molar-refractivity contribution in [3.8, 4) is 11.5 Å². The van der Waals surface area contributed by atoms with E-state index in [0.29, 0.717) is 5.02 Å². The van der Waals surface area contributed by atoms with Gasteiger partial charge in [0.05, 0.1) is 0 Å². The van der Waals surface area contributed by atoms with Gasteiger partial charge in [-0.3, -0.25) is 0 Å². The van der Waals surface area contributed by atoms with Crippen molar-refractivity contribution < 1.29 is 4.74 Å². The lowest BCUT2D eigenvalue weighted by atomic mass is 10.1. The molecule has 3 heteroatoms. The van der Waals surface area contributed by atoms with Crippen LogP contribution in [-0.4, -0.2) is 6.54 Å². The molecular formula is C16H18ClNO. The summed E-state index contributed by atoms with van der Waals surface area (Å²) in [5.41, 5.74) is 1.15. The average molecular weight is 276 g/mol. The summed E-state index contributed by atoms with van der Waals surface area (Å²) in [5, 5.41) is 4.11. The van der Waals surface area contributed by atoms with Crippen LogP contribution in [-0.2, 0) is 0 Å². The number of ether oxygens (including phenoxy) is 1. The Kier molecular flexibility index (Phi) is 4.83. The number of hydrogen-bond acceptors (Lipinski definition) is 2. The van der Waals surface area contributed by atoms with Gasteiger partial charge in [-0.25, -0.2) is 0 Å². The zero-order chi connectivity index (χ0) is 13.7. The second-order valence-electron chi connectivity index (χ2n) is 4.37. The fourth-order valence-electron chi connectivity index (χ4n) is 1.98. The smallest absolute Gasteiger partial charge is 0.132 e. The predicted molar refractivity (Wildman–Crippen MR) is 80.1 cm³/mol. The van der Waals surface area contributed by atoms with E-state index in [4.69, 9.17) is 16.3 Å². The van der Waals surface area contributed by atoms with E-state index in [9.17, 15) is 0 Å². The number of benzene rings is 2. The molecule has 0 saturated heterocycles. The van der Waals surface area contributed by atoms with Gasteiger partial charge in [-0.15, -0.1) is 0 Å². The van der Waals surface area contributed by atoms with Gasteiger partial charge >= 0.3 is 0 Å². The maximum atomic E-state index is 5.93. The van der Waals surface area contributed by atoms with Crippen LogP contribution in [0.25, 0.3) is 0 Å². The van der Waals surface area contributed by atoms with Crippen molar-refractivity contribution >= 4 is 11.6 Å². The fourth-order valence-corrected chi connectivity index (χ4v) is 2.10. The molecule has 2 aromatic rings. The molecule has 0 bridgehead atoms. The van der Waals surface area contributed by atoms with Crippen LogP contribution in [0.1, 0.15) is 25.5 Å². The van der Waals surface area contributed by atoms with Crippen LogP contribution >= 0.6 is 11.6 Å². The van der Waals surface area contributed by atoms with E-state index in [-0.39, 0.29) is 6.04 Å². The molecule has 0 amide bonds. The van der Waals surface area contributed by atoms with Crippen LogP contribution in [0.4, 0.5) is 0 Å². The molecule has 100 valence electrons. The van der Waals surface area contributed by atoms with E-state index in [1.54, 1.807) is 0 Å². The summed E-state index contributed by atoms with van der Waals surface area (Å²) >= 11 is 5.87. The maximum Gasteiger partial charge on any atom is 0.132 e. The zero-order valence-corrected chi connectivity index (χ0v) is 11.9. The molecule has 1 atom stereocenters. The highest BCUT2D eigenvalue weighted by Crippen LogP contribution is 2.29. The van der Waals surface area contributed by atoms with E-state index >= 15 is 0 Å². The summed E-state index contributed by atoms with van der Waals surface area (Å²) < 4.78 is 5.93. The fraction of sp³-hybridized carbons (Fsp3) is 0.250. The van der Waals surface area contributed by atoms with Gasteiger partial charge in [0.1, 0.15) is 11.5 Å². The maximum absolute atomic E-state index is 5.93. The van der Waals surface area contributed by atoms with Crippen LogP contribution in [0.3, 0.4) is 0 Å². The van der Waals surface area contributed by atoms with Crippen LogP contribution < -0.4 is 10.1 Å². The number of halogens is 1. The SMILES string of the molecule is CCNC(C)c1ccccc1Oc1ccc(Cl)cc1. The van der Waals surface area contributed by atoms with Crippen molar-refractivity contribution in [3.63, 3.8) is 0 Å². The Morgan fingerprint density at radius 1 is 1.11 bits per heavy atom. The third kappa shape index (κ3) is 3.72. The highest BCUT2D eigenvalue weighted by Gasteiger charge is 2.10. The van der Waals surface area contributed by atoms with Gasteiger partial charge in [-0.1, -0.05) is 36.7 Å². The molecule has 0 radical (unpaired) electrons. The molecule has 0 aromatic heterocycles. The Bertz CT molecular complexity index is 525. The number of para-hydroxylation sites is 1. The van der Waals surface area contributed by atoms with Crippen molar-refractivity contribution in [2.45, 2.75) is 19.9 Å². The predicted octanol–water partition coefficient (Wildman–Crippen LogP) is 4.80. The highest BCUT2D eigenvalue weighted by atomic mass is 35.5. The van der Waals surface area contributed by atoms with Crippen molar-refractivity contribution in [3.05, 3.63) is 59.1 Å². The Labute approximate surface area is 119 Å². The Balaban J connectivity index is 2.22. The molecule has 1 unspecified atom stereocenters. The summed E-state index contributed by atoms with van der Waals surface area (Å²) in [4.78, 5) is 0. The second-order valence-corrected chi connectivity index (χ2v) is 4.81. The molecule has 0 aliphatic heterocycles. The lowest BCUT2D eigenvalue weighted by Crippen LogP contribution is -2.18. The molecule has 0 saturated carbocycles. The summed E-state index contributed by atoms with van der Waals surface area (Å²) in [7, 11) is 0. The molecule has 0 spiro atoms. The number of nitrogens with one attached hydrogen (secondary N) is 1. The van der Waals surface area contributed by atoms with Gasteiger partial charge in [0, 0.05) is 16.6 Å². The average Bonchev–Trinajstić information content (AvgIpc) is 2.42. The summed E-state index contributed by atoms with van der Waals surface area (Å²) in [5.74, 6) is 1.67. The number of hydrogen-bond donors (Lipinski definition) is 1. The summed E-state index contributed by atoms with van der Waals surface area (Å²) in [6.07, 6.45) is 0. The van der Waals surface area contributed by atoms with Crippen LogP contribution in [0.5, 0.6) is 11.5 Å². The standard InChI is InChI=1S/C16H18ClNO/c1-3-18-12(2)15-6-4-5-7-16(15)19-14-10-8-13(17)9-11-14/h4-12,18H,3H2,1-2H3. The molecule has 0 fully saturated rings. The first-order chi connectivity index (χ1) is 9.20. The molecule has 2 nitrogen and oxygen atoms in total. The number of rotatable bonds is 5. The Morgan fingerprint density at radius 2 is 1.79 bits per heavy atom. The first-order valence-electron chi connectivity index (χ1n) is 6.46. The van der Waals surface area contributed by atoms with Crippen LogP contribution in [0.2, 0.25) is 5.02 Å². The zero-order valence-electron chi connectivity index (χ0n) is 11.2. The van der Waals surface area contributed by atoms with Gasteiger partial charge in [0.25, 0.3) is 0 Å². The minimum absolute atomic E-state index is 0.258. The first-order valence-corrected chi connectivity index (χ1v) is 6.84. The first kappa shape index (κ1) is 13.9. The van der Waals surface area contributed by atoms with E-state index in [2.05, 4.69) is 25.2 Å². The van der Waals surface area contributed by atoms with E-state index < -0.39 is 0 Å². The third-order valence-electron chi connectivity index (χ3n) is 2.94. The van der Waals surface area contributed by atoms with Crippen molar-refractivity contribution in [2.75, 3.05) is 6.54 Å². The Hall–Kier alpha value is -1.51. The van der Waals surface area contributed by atoms with Crippen molar-refractivity contribution in [1.82, 2.24) is 5.32 Å². The third-order valence-corrected chi connectivity index (χ3v) is 3.19. The lowest BCUT2D eigenvalue weighted by Gasteiger charge is -2.17. The van der Waals surface area contributed by atoms with Crippen molar-refractivity contribution in [2.24, 2.45) is 0 Å². The van der Waals surface area contributed by atoms with Crippen LogP contribution in [0.15, 0.2) is 48.5 Å². The molecule has 2 rings (SSSR count). The highest BCUT2D eigenvalue weighted by molar-refractivity contribution is 6.30. The Morgan fingerprint density at radius 3 is 2.47 bits per heavy atom. The molecule has 1 N–H and O–H groups in total. The van der Waals surface area contributed by atoms with Gasteiger partial charge < -0.3 is 10.1 Å². The van der Waals surface area contributed by atoms with Gasteiger partial charge in [-0.05, 0) is 43.8 Å². The molecular weight excluding hydrogens is 258 g/mol. The van der Waals surface area contributed by atoms with E-state index in [1.807, 2.05) is 42.5 Å². The normalized spacial score (nSPS) is 12.2. The summed E-state index contributed by atoms with van der Waals surface area (Å²) in [6.45, 7) is 5.16. The molecule has 2 aromatic carbocycles. The minimum Gasteiger partial charge on any atom is -0.457 e.